The number of H-pyrrole nitrogens is 1. The van der Waals surface area contributed by atoms with Gasteiger partial charge < -0.3 is 4.74 Å². The third-order valence-electron chi connectivity index (χ3n) is 2.50. The highest BCUT2D eigenvalue weighted by Crippen LogP contribution is 2.31. The van der Waals surface area contributed by atoms with Crippen molar-refractivity contribution in [1.82, 2.24) is 15.4 Å². The van der Waals surface area contributed by atoms with E-state index < -0.39 is 5.97 Å². The summed E-state index contributed by atoms with van der Waals surface area (Å²) in [5, 5.41) is 10.4. The molecular weight excluding hydrogens is 214 g/mol. The van der Waals surface area contributed by atoms with Gasteiger partial charge in [-0.05, 0) is 18.6 Å². The van der Waals surface area contributed by atoms with Gasteiger partial charge in [-0.3, -0.25) is 0 Å². The number of nitrogens with one attached hydrogen (secondary N) is 1. The molecule has 1 aromatic rings. The summed E-state index contributed by atoms with van der Waals surface area (Å²) in [7, 11) is 1.36. The van der Waals surface area contributed by atoms with Crippen LogP contribution in [0.1, 0.15) is 34.9 Å². The zero-order valence-electron chi connectivity index (χ0n) is 8.52. The van der Waals surface area contributed by atoms with E-state index in [1.54, 1.807) is 0 Å². The van der Waals surface area contributed by atoms with Crippen LogP contribution in [-0.4, -0.2) is 40.0 Å². The monoisotopic (exact) mass is 227 g/mol. The highest BCUT2D eigenvalue weighted by atomic mass is 32.2. The number of methoxy groups -OCH3 is 1. The molecule has 15 heavy (non-hydrogen) atoms. The number of hydrogen-bond donors (Lipinski definition) is 1. The summed E-state index contributed by atoms with van der Waals surface area (Å²) in [4.78, 5) is 11.4. The Kier molecular flexibility index (Phi) is 3.25. The Labute approximate surface area is 92.0 Å². The summed E-state index contributed by atoms with van der Waals surface area (Å²) < 4.78 is 4.66. The van der Waals surface area contributed by atoms with Gasteiger partial charge in [0.1, 0.15) is 5.69 Å². The first-order valence-corrected chi connectivity index (χ1v) is 6.05. The average molecular weight is 227 g/mol. The molecule has 1 fully saturated rings. The Balaban J connectivity index is 2.19. The molecule has 1 saturated heterocycles. The Hall–Kier alpha value is -1.04. The molecule has 5 nitrogen and oxygen atoms in total. The lowest BCUT2D eigenvalue weighted by atomic mass is 10.00. The number of aromatic amines is 1. The largest absolute Gasteiger partial charge is 0.464 e. The number of thioether (sulfide) groups is 1. The summed E-state index contributed by atoms with van der Waals surface area (Å²) >= 11 is 1.90. The van der Waals surface area contributed by atoms with E-state index in [9.17, 15) is 4.79 Å². The molecule has 0 bridgehead atoms. The lowest BCUT2D eigenvalue weighted by Gasteiger charge is -2.19. The van der Waals surface area contributed by atoms with Crippen molar-refractivity contribution < 1.29 is 9.53 Å². The number of rotatable bonds is 2. The second kappa shape index (κ2) is 4.65. The number of esters is 1. The van der Waals surface area contributed by atoms with Crippen LogP contribution in [-0.2, 0) is 4.74 Å². The Morgan fingerprint density at radius 2 is 2.47 bits per heavy atom. The fourth-order valence-electron chi connectivity index (χ4n) is 1.73. The molecule has 1 atom stereocenters. The lowest BCUT2D eigenvalue weighted by Crippen LogP contribution is -2.14. The number of aromatic nitrogens is 3. The van der Waals surface area contributed by atoms with E-state index in [-0.39, 0.29) is 0 Å². The van der Waals surface area contributed by atoms with Crippen molar-refractivity contribution in [3.05, 3.63) is 11.4 Å². The summed E-state index contributed by atoms with van der Waals surface area (Å²) in [6.45, 7) is 0. The van der Waals surface area contributed by atoms with E-state index in [1.807, 2.05) is 11.8 Å². The van der Waals surface area contributed by atoms with Crippen LogP contribution < -0.4 is 0 Å². The third kappa shape index (κ3) is 2.14. The first-order chi connectivity index (χ1) is 7.33. The Bertz CT molecular complexity index is 347. The fourth-order valence-corrected chi connectivity index (χ4v) is 2.87. The smallest absolute Gasteiger partial charge is 0.360 e. The minimum absolute atomic E-state index is 0.330. The Morgan fingerprint density at radius 3 is 3.13 bits per heavy atom. The van der Waals surface area contributed by atoms with Crippen LogP contribution in [0.3, 0.4) is 0 Å². The molecule has 1 aliphatic heterocycles. The predicted molar refractivity (Wildman–Crippen MR) is 57.0 cm³/mol. The molecule has 0 aromatic carbocycles. The molecule has 0 aliphatic carbocycles. The summed E-state index contributed by atoms with van der Waals surface area (Å²) in [5.41, 5.74) is 1.10. The van der Waals surface area contributed by atoms with Gasteiger partial charge >= 0.3 is 5.97 Å². The first kappa shape index (κ1) is 10.5. The molecule has 6 heteroatoms. The maximum atomic E-state index is 11.4. The molecule has 1 aliphatic rings. The van der Waals surface area contributed by atoms with Crippen molar-refractivity contribution in [3.63, 3.8) is 0 Å². The second-order valence-electron chi connectivity index (χ2n) is 3.46. The van der Waals surface area contributed by atoms with Gasteiger partial charge in [0.05, 0.1) is 7.11 Å². The van der Waals surface area contributed by atoms with Gasteiger partial charge in [-0.2, -0.15) is 22.1 Å². The van der Waals surface area contributed by atoms with Crippen LogP contribution in [0.5, 0.6) is 0 Å². The predicted octanol–water partition coefficient (Wildman–Crippen LogP) is 1.20. The van der Waals surface area contributed by atoms with E-state index in [0.29, 0.717) is 11.6 Å². The summed E-state index contributed by atoms with van der Waals surface area (Å²) in [6.07, 6.45) is 2.24. The van der Waals surface area contributed by atoms with E-state index in [2.05, 4.69) is 20.1 Å². The van der Waals surface area contributed by atoms with Gasteiger partial charge in [0, 0.05) is 11.7 Å². The minimum atomic E-state index is -0.408. The maximum absolute atomic E-state index is 11.4. The zero-order valence-corrected chi connectivity index (χ0v) is 9.34. The maximum Gasteiger partial charge on any atom is 0.360 e. The molecule has 0 radical (unpaired) electrons. The topological polar surface area (TPSA) is 67.9 Å². The second-order valence-corrected chi connectivity index (χ2v) is 4.61. The quantitative estimate of drug-likeness (QED) is 0.769. The van der Waals surface area contributed by atoms with Gasteiger partial charge in [-0.1, -0.05) is 0 Å². The zero-order chi connectivity index (χ0) is 10.7. The van der Waals surface area contributed by atoms with E-state index >= 15 is 0 Å². The minimum Gasteiger partial charge on any atom is -0.464 e. The molecule has 0 spiro atoms. The van der Waals surface area contributed by atoms with Crippen LogP contribution in [0, 0.1) is 0 Å². The third-order valence-corrected chi connectivity index (χ3v) is 3.72. The normalized spacial score (nSPS) is 21.3. The van der Waals surface area contributed by atoms with E-state index in [1.165, 1.54) is 19.3 Å². The molecule has 1 N–H and O–H groups in total. The van der Waals surface area contributed by atoms with Crippen LogP contribution in [0.4, 0.5) is 0 Å². The van der Waals surface area contributed by atoms with Crippen molar-refractivity contribution in [3.8, 4) is 0 Å². The number of ether oxygens (including phenoxy) is 1. The average Bonchev–Trinajstić information content (AvgIpc) is 2.78. The standard InChI is InChI=1S/C9H13N3O2S/c1-14-9(13)8-7(10-12-11-8)6-3-2-4-15-5-6/h6H,2-5H2,1H3,(H,10,11,12). The molecule has 0 saturated carbocycles. The van der Waals surface area contributed by atoms with E-state index in [0.717, 1.165) is 17.9 Å². The molecule has 0 amide bonds. The van der Waals surface area contributed by atoms with Gasteiger partial charge in [0.25, 0.3) is 0 Å². The van der Waals surface area contributed by atoms with Crippen molar-refractivity contribution in [2.24, 2.45) is 0 Å². The first-order valence-electron chi connectivity index (χ1n) is 4.89. The van der Waals surface area contributed by atoms with Gasteiger partial charge in [0.15, 0.2) is 5.69 Å². The molecule has 2 heterocycles. The van der Waals surface area contributed by atoms with Crippen LogP contribution >= 0.6 is 11.8 Å². The molecule has 1 unspecified atom stereocenters. The molecular formula is C9H13N3O2S. The van der Waals surface area contributed by atoms with Crippen molar-refractivity contribution in [1.29, 1.82) is 0 Å². The highest BCUT2D eigenvalue weighted by molar-refractivity contribution is 7.99. The number of carbonyl (C=O) groups is 1. The van der Waals surface area contributed by atoms with Gasteiger partial charge in [0.2, 0.25) is 0 Å². The number of hydrogen-bond acceptors (Lipinski definition) is 5. The summed E-state index contributed by atoms with van der Waals surface area (Å²) in [5.74, 6) is 2.13. The number of nitrogens with zero attached hydrogens (tertiary/aromatic N) is 2. The molecule has 2 rings (SSSR count). The SMILES string of the molecule is COC(=O)c1n[nH]nc1C1CCCSC1. The molecule has 82 valence electrons. The molecule has 1 aromatic heterocycles. The Morgan fingerprint density at radius 1 is 1.60 bits per heavy atom. The van der Waals surface area contributed by atoms with Gasteiger partial charge in [-0.15, -0.1) is 5.10 Å². The summed E-state index contributed by atoms with van der Waals surface area (Å²) in [6, 6.07) is 0. The van der Waals surface area contributed by atoms with Crippen molar-refractivity contribution in [2.45, 2.75) is 18.8 Å². The van der Waals surface area contributed by atoms with Crippen LogP contribution in [0.25, 0.3) is 0 Å². The lowest BCUT2D eigenvalue weighted by molar-refractivity contribution is 0.0592. The number of carbonyl (C=O) groups excluding carboxylic acids is 1. The van der Waals surface area contributed by atoms with Crippen molar-refractivity contribution in [2.75, 3.05) is 18.6 Å². The fraction of sp³-hybridized carbons (Fsp3) is 0.667. The highest BCUT2D eigenvalue weighted by Gasteiger charge is 2.25. The van der Waals surface area contributed by atoms with E-state index in [4.69, 9.17) is 0 Å². The van der Waals surface area contributed by atoms with Crippen LogP contribution in [0.15, 0.2) is 0 Å². The van der Waals surface area contributed by atoms with Gasteiger partial charge in [-0.25, -0.2) is 4.79 Å². The van der Waals surface area contributed by atoms with Crippen LogP contribution in [0.2, 0.25) is 0 Å². The van der Waals surface area contributed by atoms with Crippen molar-refractivity contribution >= 4 is 17.7 Å².